The Morgan fingerprint density at radius 1 is 1.14 bits per heavy atom. The largest absolute Gasteiger partial charge is 0.454 e. The van der Waals surface area contributed by atoms with Gasteiger partial charge in [-0.05, 0) is 24.3 Å². The van der Waals surface area contributed by atoms with Crippen molar-refractivity contribution < 1.29 is 31.4 Å². The average Bonchev–Trinajstić information content (AvgIpc) is 2.61. The summed E-state index contributed by atoms with van der Waals surface area (Å²) in [5.74, 6) is -0.167. The highest BCUT2D eigenvalue weighted by Crippen LogP contribution is 2.21. The number of nitrogens with zero attached hydrogens (tertiary/aromatic N) is 4. The Hall–Kier alpha value is -3.02. The van der Waals surface area contributed by atoms with E-state index in [1.165, 1.54) is 12.1 Å². The number of hydrogen-bond acceptors (Lipinski definition) is 6. The lowest BCUT2D eigenvalue weighted by Crippen LogP contribution is -2.23. The van der Waals surface area contributed by atoms with E-state index in [1.807, 2.05) is 0 Å². The number of rotatable bonds is 5. The van der Waals surface area contributed by atoms with Gasteiger partial charge in [0.1, 0.15) is 11.3 Å². The molecule has 0 saturated heterocycles. The first kappa shape index (κ1) is 19.7. The van der Waals surface area contributed by atoms with E-state index in [2.05, 4.69) is 24.4 Å². The second-order valence-corrected chi connectivity index (χ2v) is 5.54. The first-order valence-corrected chi connectivity index (χ1v) is 7.72. The summed E-state index contributed by atoms with van der Waals surface area (Å²) in [4.78, 5) is 23.6. The van der Waals surface area contributed by atoms with Crippen LogP contribution in [-0.4, -0.2) is 38.9 Å². The monoisotopic (exact) mass is 422 g/mol. The molecule has 3 rings (SSSR count). The third-order valence-corrected chi connectivity index (χ3v) is 3.47. The van der Waals surface area contributed by atoms with E-state index in [0.717, 1.165) is 22.9 Å². The number of benzene rings is 1. The highest BCUT2D eigenvalue weighted by molar-refractivity contribution is 6.29. The fourth-order valence-electron chi connectivity index (χ4n) is 2.17. The molecular formula is C15H8ClF5N4O3. The lowest BCUT2D eigenvalue weighted by Gasteiger charge is -2.12. The van der Waals surface area contributed by atoms with Gasteiger partial charge in [0.2, 0.25) is 0 Å². The topological polar surface area (TPSA) is 79.1 Å². The number of fused-ring (bicyclic) bond motifs is 1. The minimum atomic E-state index is -4.61. The fraction of sp³-hybridized carbons (Fsp3) is 0.200. The number of alkyl halides is 5. The molecule has 0 aliphatic heterocycles. The molecule has 0 N–H and O–H groups in total. The van der Waals surface area contributed by atoms with Crippen molar-refractivity contribution in [3.8, 4) is 17.4 Å². The normalized spacial score (nSPS) is 11.8. The van der Waals surface area contributed by atoms with Gasteiger partial charge < -0.3 is 9.47 Å². The van der Waals surface area contributed by atoms with E-state index < -0.39 is 36.1 Å². The highest BCUT2D eigenvalue weighted by Gasteiger charge is 2.29. The molecule has 148 valence electrons. The minimum absolute atomic E-state index is 0.00290. The molecule has 0 radical (unpaired) electrons. The summed E-state index contributed by atoms with van der Waals surface area (Å²) in [6.07, 6.45) is -3.58. The van der Waals surface area contributed by atoms with Gasteiger partial charge in [0.25, 0.3) is 5.56 Å². The van der Waals surface area contributed by atoms with Crippen molar-refractivity contribution in [2.24, 2.45) is 0 Å². The molecule has 0 amide bonds. The van der Waals surface area contributed by atoms with Crippen LogP contribution in [0.5, 0.6) is 11.8 Å². The molecule has 2 aromatic heterocycles. The molecule has 1 aromatic carbocycles. The van der Waals surface area contributed by atoms with Gasteiger partial charge in [0.05, 0.1) is 11.9 Å². The smallest absolute Gasteiger partial charge is 0.422 e. The van der Waals surface area contributed by atoms with Gasteiger partial charge in [-0.15, -0.1) is 0 Å². The van der Waals surface area contributed by atoms with E-state index >= 15 is 0 Å². The fourth-order valence-corrected chi connectivity index (χ4v) is 2.34. The molecule has 0 atom stereocenters. The van der Waals surface area contributed by atoms with Crippen LogP contribution in [0.4, 0.5) is 22.0 Å². The molecule has 0 unspecified atom stereocenters. The quantitative estimate of drug-likeness (QED) is 0.587. The van der Waals surface area contributed by atoms with E-state index in [1.54, 1.807) is 0 Å². The molecule has 0 fully saturated rings. The zero-order chi connectivity index (χ0) is 20.5. The molecule has 13 heteroatoms. The molecule has 7 nitrogen and oxygen atoms in total. The predicted molar refractivity (Wildman–Crippen MR) is 86.1 cm³/mol. The summed E-state index contributed by atoms with van der Waals surface area (Å²) in [5, 5.41) is -0.451. The highest BCUT2D eigenvalue weighted by atomic mass is 35.5. The molecule has 3 aromatic rings. The second kappa shape index (κ2) is 7.54. The SMILES string of the molecule is O=c1c(Cl)nc2cnc(OCC(F)(F)F)nc2n1-c1ccc(OC(F)F)cc1. The molecule has 0 aliphatic carbocycles. The first-order chi connectivity index (χ1) is 13.1. The van der Waals surface area contributed by atoms with Gasteiger partial charge in [-0.1, -0.05) is 11.6 Å². The van der Waals surface area contributed by atoms with E-state index in [9.17, 15) is 26.7 Å². The van der Waals surface area contributed by atoms with Crippen molar-refractivity contribution in [3.05, 3.63) is 46.0 Å². The zero-order valence-corrected chi connectivity index (χ0v) is 14.2. The Labute approximate surface area is 157 Å². The zero-order valence-electron chi connectivity index (χ0n) is 13.5. The average molecular weight is 423 g/mol. The summed E-state index contributed by atoms with van der Waals surface area (Å²) in [5.41, 5.74) is -0.903. The number of hydrogen-bond donors (Lipinski definition) is 0. The Bertz CT molecular complexity index is 1060. The summed E-state index contributed by atoms with van der Waals surface area (Å²) >= 11 is 5.80. The van der Waals surface area contributed by atoms with Gasteiger partial charge in [-0.3, -0.25) is 9.36 Å². The maximum atomic E-state index is 12.4. The van der Waals surface area contributed by atoms with Crippen LogP contribution in [0, 0.1) is 0 Å². The summed E-state index contributed by atoms with van der Waals surface area (Å²) < 4.78 is 71.1. The van der Waals surface area contributed by atoms with Gasteiger partial charge >= 0.3 is 18.8 Å². The maximum Gasteiger partial charge on any atom is 0.422 e. The molecule has 0 saturated carbocycles. The van der Waals surface area contributed by atoms with Crippen molar-refractivity contribution in [2.75, 3.05) is 6.61 Å². The van der Waals surface area contributed by atoms with Crippen LogP contribution in [-0.2, 0) is 0 Å². The Morgan fingerprint density at radius 3 is 2.43 bits per heavy atom. The minimum Gasteiger partial charge on any atom is -0.454 e. The third kappa shape index (κ3) is 4.44. The molecular weight excluding hydrogens is 415 g/mol. The van der Waals surface area contributed by atoms with Crippen LogP contribution in [0.1, 0.15) is 0 Å². The van der Waals surface area contributed by atoms with Gasteiger partial charge in [0, 0.05) is 0 Å². The van der Waals surface area contributed by atoms with Crippen LogP contribution in [0.2, 0.25) is 5.15 Å². The molecule has 2 heterocycles. The van der Waals surface area contributed by atoms with Crippen molar-refractivity contribution in [3.63, 3.8) is 0 Å². The van der Waals surface area contributed by atoms with Crippen LogP contribution < -0.4 is 15.0 Å². The van der Waals surface area contributed by atoms with Gasteiger partial charge in [0.15, 0.2) is 17.4 Å². The maximum absolute atomic E-state index is 12.4. The molecule has 0 aliphatic rings. The summed E-state index contributed by atoms with van der Waals surface area (Å²) in [6.45, 7) is -4.67. The van der Waals surface area contributed by atoms with Crippen LogP contribution in [0.15, 0.2) is 35.3 Å². The van der Waals surface area contributed by atoms with Crippen molar-refractivity contribution in [1.29, 1.82) is 0 Å². The van der Waals surface area contributed by atoms with E-state index in [4.69, 9.17) is 11.6 Å². The van der Waals surface area contributed by atoms with Gasteiger partial charge in [-0.2, -0.15) is 26.9 Å². The van der Waals surface area contributed by atoms with Crippen molar-refractivity contribution in [1.82, 2.24) is 19.5 Å². The van der Waals surface area contributed by atoms with E-state index in [-0.39, 0.29) is 22.6 Å². The standard InChI is InChI=1S/C15H8ClF5N4O3/c16-10-12(26)25(7-1-3-8(4-2-7)28-13(17)18)11-9(23-10)5-22-14(24-11)27-6-15(19,20)21/h1-5,13H,6H2. The Balaban J connectivity index is 2.09. The first-order valence-electron chi connectivity index (χ1n) is 7.34. The molecule has 0 spiro atoms. The van der Waals surface area contributed by atoms with Crippen molar-refractivity contribution >= 4 is 22.8 Å². The van der Waals surface area contributed by atoms with E-state index in [0.29, 0.717) is 0 Å². The van der Waals surface area contributed by atoms with Crippen molar-refractivity contribution in [2.45, 2.75) is 12.8 Å². The second-order valence-electron chi connectivity index (χ2n) is 5.18. The lowest BCUT2D eigenvalue weighted by atomic mass is 10.3. The van der Waals surface area contributed by atoms with Crippen LogP contribution in [0.3, 0.4) is 0 Å². The number of ether oxygens (including phenoxy) is 2. The lowest BCUT2D eigenvalue weighted by molar-refractivity contribution is -0.154. The molecule has 28 heavy (non-hydrogen) atoms. The van der Waals surface area contributed by atoms with Gasteiger partial charge in [-0.25, -0.2) is 9.97 Å². The Kier molecular flexibility index (Phi) is 5.31. The summed E-state index contributed by atoms with van der Waals surface area (Å²) in [6, 6.07) is 4.20. The number of halogens is 6. The Morgan fingerprint density at radius 2 is 1.82 bits per heavy atom. The number of aromatic nitrogens is 4. The summed E-state index contributed by atoms with van der Waals surface area (Å²) in [7, 11) is 0. The molecule has 0 bridgehead atoms. The third-order valence-electron chi connectivity index (χ3n) is 3.22. The van der Waals surface area contributed by atoms with Crippen LogP contribution >= 0.6 is 11.6 Å². The van der Waals surface area contributed by atoms with Crippen LogP contribution in [0.25, 0.3) is 16.9 Å². The predicted octanol–water partition coefficient (Wildman–Crippen LogP) is 3.37.